The highest BCUT2D eigenvalue weighted by atomic mass is 32.2. The van der Waals surface area contributed by atoms with E-state index in [1.165, 1.54) is 12.1 Å². The maximum Gasteiger partial charge on any atom is 0.297 e. The van der Waals surface area contributed by atoms with Gasteiger partial charge >= 0.3 is 0 Å². The number of methoxy groups -OCH3 is 1. The van der Waals surface area contributed by atoms with E-state index in [-0.39, 0.29) is 18.1 Å². The van der Waals surface area contributed by atoms with Crippen molar-refractivity contribution in [2.75, 3.05) is 33.5 Å². The lowest BCUT2D eigenvalue weighted by atomic mass is 10.2. The largest absolute Gasteiger partial charge is 0.382 e. The molecule has 0 aliphatic rings. The van der Waals surface area contributed by atoms with Crippen LogP contribution in [0.3, 0.4) is 0 Å². The van der Waals surface area contributed by atoms with E-state index in [4.69, 9.17) is 24.4 Å². The van der Waals surface area contributed by atoms with Gasteiger partial charge in [-0.15, -0.1) is 0 Å². The second-order valence-electron chi connectivity index (χ2n) is 3.69. The summed E-state index contributed by atoms with van der Waals surface area (Å²) in [6.45, 7) is 3.00. The van der Waals surface area contributed by atoms with E-state index in [1.807, 2.05) is 6.92 Å². The summed E-state index contributed by atoms with van der Waals surface area (Å²) < 4.78 is 38.2. The molecule has 0 heterocycles. The van der Waals surface area contributed by atoms with Crippen LogP contribution in [0.25, 0.3) is 0 Å². The second kappa shape index (κ2) is 10.3. The number of hydrogen-bond donors (Lipinski definition) is 0. The molecule has 0 aliphatic carbocycles. The molecular weight excluding hydrogens is 284 g/mol. The molecule has 0 amide bonds. The van der Waals surface area contributed by atoms with Crippen LogP contribution >= 0.6 is 0 Å². The minimum atomic E-state index is -3.68. The fourth-order valence-corrected chi connectivity index (χ4v) is 2.11. The predicted octanol–water partition coefficient (Wildman–Crippen LogP) is 1.39. The van der Waals surface area contributed by atoms with Gasteiger partial charge in [-0.1, -0.05) is 17.7 Å². The Morgan fingerprint density at radius 1 is 1.00 bits per heavy atom. The van der Waals surface area contributed by atoms with Crippen molar-refractivity contribution >= 4 is 10.1 Å². The highest BCUT2D eigenvalue weighted by Gasteiger charge is 2.14. The SMILES string of the molecule is COCCOCCOS(=O)(=O)c1ccc(C)cc1.N#N. The number of aryl methyl sites for hydroxylation is 1. The van der Waals surface area contributed by atoms with Crippen molar-refractivity contribution in [2.24, 2.45) is 0 Å². The number of rotatable bonds is 8. The van der Waals surface area contributed by atoms with Gasteiger partial charge in [0.15, 0.2) is 0 Å². The molecule has 1 aromatic rings. The number of hydrogen-bond acceptors (Lipinski definition) is 7. The smallest absolute Gasteiger partial charge is 0.297 e. The van der Waals surface area contributed by atoms with Gasteiger partial charge in [0, 0.05) is 17.9 Å². The Kier molecular flexibility index (Phi) is 9.49. The van der Waals surface area contributed by atoms with Gasteiger partial charge in [0.05, 0.1) is 31.3 Å². The molecule has 0 radical (unpaired) electrons. The molecule has 0 spiro atoms. The zero-order valence-electron chi connectivity index (χ0n) is 11.5. The minimum Gasteiger partial charge on any atom is -0.382 e. The third-order valence-electron chi connectivity index (χ3n) is 2.21. The van der Waals surface area contributed by atoms with Crippen LogP contribution in [0.4, 0.5) is 0 Å². The Labute approximate surface area is 119 Å². The lowest BCUT2D eigenvalue weighted by Crippen LogP contribution is -2.13. The molecule has 8 heteroatoms. The van der Waals surface area contributed by atoms with Crippen molar-refractivity contribution in [2.45, 2.75) is 11.8 Å². The van der Waals surface area contributed by atoms with Gasteiger partial charge in [-0.25, -0.2) is 0 Å². The van der Waals surface area contributed by atoms with Gasteiger partial charge in [-0.3, -0.25) is 4.18 Å². The van der Waals surface area contributed by atoms with E-state index in [2.05, 4.69) is 0 Å². The number of ether oxygens (including phenoxy) is 2. The van der Waals surface area contributed by atoms with Crippen molar-refractivity contribution in [3.8, 4) is 0 Å². The predicted molar refractivity (Wildman–Crippen MR) is 70.5 cm³/mol. The second-order valence-corrected chi connectivity index (χ2v) is 5.31. The van der Waals surface area contributed by atoms with Crippen LogP contribution in [-0.2, 0) is 23.8 Å². The lowest BCUT2D eigenvalue weighted by molar-refractivity contribution is 0.0554. The number of benzene rings is 1. The van der Waals surface area contributed by atoms with Gasteiger partial charge in [0.1, 0.15) is 0 Å². The Hall–Kier alpha value is -1.53. The molecule has 0 saturated heterocycles. The maximum atomic E-state index is 11.7. The Balaban J connectivity index is 0.00000172. The molecular formula is C12H18N2O5S. The summed E-state index contributed by atoms with van der Waals surface area (Å²) in [7, 11) is -2.11. The third-order valence-corrected chi connectivity index (χ3v) is 3.53. The molecule has 0 fully saturated rings. The molecule has 20 heavy (non-hydrogen) atoms. The summed E-state index contributed by atoms with van der Waals surface area (Å²) in [6, 6.07) is 6.50. The normalized spacial score (nSPS) is 10.6. The van der Waals surface area contributed by atoms with Crippen LogP contribution < -0.4 is 0 Å². The maximum absolute atomic E-state index is 11.7. The van der Waals surface area contributed by atoms with E-state index < -0.39 is 10.1 Å². The lowest BCUT2D eigenvalue weighted by Gasteiger charge is -2.06. The third kappa shape index (κ3) is 7.16. The molecule has 7 nitrogen and oxygen atoms in total. The topological polar surface area (TPSA) is 109 Å². The van der Waals surface area contributed by atoms with Crippen LogP contribution in [0.5, 0.6) is 0 Å². The minimum absolute atomic E-state index is 0.0000753. The summed E-state index contributed by atoms with van der Waals surface area (Å²) >= 11 is 0. The zero-order chi connectivity index (χ0) is 15.4. The van der Waals surface area contributed by atoms with Crippen LogP contribution in [0.15, 0.2) is 29.2 Å². The summed E-state index contributed by atoms with van der Waals surface area (Å²) in [5.74, 6) is 0. The Morgan fingerprint density at radius 3 is 2.10 bits per heavy atom. The fourth-order valence-electron chi connectivity index (χ4n) is 1.22. The van der Waals surface area contributed by atoms with Crippen LogP contribution in [0, 0.1) is 17.7 Å². The van der Waals surface area contributed by atoms with Crippen LogP contribution in [-0.4, -0.2) is 42.0 Å². The first-order chi connectivity index (χ1) is 9.56. The van der Waals surface area contributed by atoms with Gasteiger partial charge < -0.3 is 9.47 Å². The van der Waals surface area contributed by atoms with Crippen molar-refractivity contribution < 1.29 is 22.1 Å². The molecule has 1 aromatic carbocycles. The van der Waals surface area contributed by atoms with E-state index in [0.29, 0.717) is 13.2 Å². The molecule has 112 valence electrons. The van der Waals surface area contributed by atoms with Crippen molar-refractivity contribution in [3.05, 3.63) is 29.8 Å². The highest BCUT2D eigenvalue weighted by Crippen LogP contribution is 2.12. The zero-order valence-corrected chi connectivity index (χ0v) is 12.3. The summed E-state index contributed by atoms with van der Waals surface area (Å²) in [6.07, 6.45) is 0. The van der Waals surface area contributed by atoms with Crippen molar-refractivity contribution in [3.63, 3.8) is 0 Å². The summed E-state index contributed by atoms with van der Waals surface area (Å²) in [5.41, 5.74) is 0.997. The monoisotopic (exact) mass is 302 g/mol. The standard InChI is InChI=1S/C12H18O5S.N2/c1-11-3-5-12(6-4-11)18(13,14)17-10-9-16-8-7-15-2;1-2/h3-6H,7-10H2,1-2H3;. The molecule has 0 saturated carbocycles. The van der Waals surface area contributed by atoms with Gasteiger partial charge in [0.2, 0.25) is 0 Å². The van der Waals surface area contributed by atoms with E-state index in [0.717, 1.165) is 5.56 Å². The van der Waals surface area contributed by atoms with Gasteiger partial charge in [0.25, 0.3) is 10.1 Å². The Morgan fingerprint density at radius 2 is 1.55 bits per heavy atom. The molecule has 0 atom stereocenters. The molecule has 0 aromatic heterocycles. The first-order valence-corrected chi connectivity index (χ1v) is 7.20. The molecule has 0 aliphatic heterocycles. The Bertz CT molecular complexity index is 484. The van der Waals surface area contributed by atoms with E-state index >= 15 is 0 Å². The summed E-state index contributed by atoms with van der Waals surface area (Å²) in [5, 5.41) is 12.0. The van der Waals surface area contributed by atoms with Crippen molar-refractivity contribution in [1.29, 1.82) is 10.8 Å². The average Bonchev–Trinajstić information content (AvgIpc) is 2.45. The van der Waals surface area contributed by atoms with Crippen LogP contribution in [0.2, 0.25) is 0 Å². The van der Waals surface area contributed by atoms with Gasteiger partial charge in [-0.05, 0) is 19.1 Å². The van der Waals surface area contributed by atoms with Crippen molar-refractivity contribution in [1.82, 2.24) is 0 Å². The van der Waals surface area contributed by atoms with Gasteiger partial charge in [-0.2, -0.15) is 8.42 Å². The van der Waals surface area contributed by atoms with Crippen LogP contribution in [0.1, 0.15) is 5.56 Å². The quantitative estimate of drug-likeness (QED) is 0.405. The molecule has 1 rings (SSSR count). The first kappa shape index (κ1) is 18.5. The average molecular weight is 302 g/mol. The molecule has 0 N–H and O–H groups in total. The van der Waals surface area contributed by atoms with E-state index in [1.54, 1.807) is 19.2 Å². The molecule has 0 bridgehead atoms. The van der Waals surface area contributed by atoms with E-state index in [9.17, 15) is 8.42 Å². The highest BCUT2D eigenvalue weighted by molar-refractivity contribution is 7.86. The first-order valence-electron chi connectivity index (χ1n) is 5.79. The molecule has 0 unspecified atom stereocenters. The summed E-state index contributed by atoms with van der Waals surface area (Å²) in [4.78, 5) is 0.157. The fraction of sp³-hybridized carbons (Fsp3) is 0.500. The number of nitrogens with zero attached hydrogens (tertiary/aromatic N) is 2.